The quantitative estimate of drug-likeness (QED) is 0.827. The van der Waals surface area contributed by atoms with Crippen molar-refractivity contribution in [2.24, 2.45) is 0 Å². The van der Waals surface area contributed by atoms with E-state index in [1.165, 1.54) is 0 Å². The van der Waals surface area contributed by atoms with Crippen LogP contribution in [0.15, 0.2) is 18.3 Å². The zero-order chi connectivity index (χ0) is 11.5. The number of hydrogen-bond acceptors (Lipinski definition) is 4. The number of pyridine rings is 1. The van der Waals surface area contributed by atoms with E-state index < -0.39 is 16.9 Å². The van der Waals surface area contributed by atoms with E-state index in [9.17, 15) is 9.32 Å². The minimum absolute atomic E-state index is 0.472. The van der Waals surface area contributed by atoms with Crippen LogP contribution in [0.1, 0.15) is 18.6 Å². The standard InChI is InChI=1S/C11H16N2O2S/c1-9(14)10-2-3-12-11(8-10)13-4-6-16(15)7-5-13/h2-3,8-9,14H,4-7H2,1H3. The van der Waals surface area contributed by atoms with Crippen LogP contribution in [0.3, 0.4) is 0 Å². The van der Waals surface area contributed by atoms with Crippen molar-refractivity contribution < 1.29 is 9.32 Å². The normalized spacial score (nSPS) is 19.8. The van der Waals surface area contributed by atoms with Crippen LogP contribution in [0, 0.1) is 0 Å². The highest BCUT2D eigenvalue weighted by Crippen LogP contribution is 2.18. The number of aliphatic hydroxyl groups is 1. The molecule has 1 aliphatic heterocycles. The zero-order valence-corrected chi connectivity index (χ0v) is 10.1. The van der Waals surface area contributed by atoms with E-state index in [1.54, 1.807) is 13.1 Å². The Morgan fingerprint density at radius 2 is 2.19 bits per heavy atom. The molecule has 2 heterocycles. The summed E-state index contributed by atoms with van der Waals surface area (Å²) in [4.78, 5) is 6.40. The maximum Gasteiger partial charge on any atom is 0.128 e. The van der Waals surface area contributed by atoms with Crippen LogP contribution in [0.4, 0.5) is 5.82 Å². The fraction of sp³-hybridized carbons (Fsp3) is 0.545. The zero-order valence-electron chi connectivity index (χ0n) is 9.30. The third-order valence-corrected chi connectivity index (χ3v) is 4.03. The van der Waals surface area contributed by atoms with E-state index in [0.717, 1.165) is 24.5 Å². The van der Waals surface area contributed by atoms with Crippen molar-refractivity contribution in [1.82, 2.24) is 4.98 Å². The first-order valence-corrected chi connectivity index (χ1v) is 6.89. The highest BCUT2D eigenvalue weighted by Gasteiger charge is 2.16. The summed E-state index contributed by atoms with van der Waals surface area (Å²) >= 11 is 0. The molecule has 1 aliphatic rings. The molecule has 0 aromatic carbocycles. The third kappa shape index (κ3) is 2.59. The molecule has 0 spiro atoms. The molecule has 4 nitrogen and oxygen atoms in total. The Bertz CT molecular complexity index is 385. The van der Waals surface area contributed by atoms with Gasteiger partial charge in [0.2, 0.25) is 0 Å². The SMILES string of the molecule is CC(O)c1ccnc(N2CCS(=O)CC2)c1. The summed E-state index contributed by atoms with van der Waals surface area (Å²) in [5.74, 6) is 2.29. The summed E-state index contributed by atoms with van der Waals surface area (Å²) in [5, 5.41) is 9.49. The van der Waals surface area contributed by atoms with Crippen molar-refractivity contribution >= 4 is 16.6 Å². The first kappa shape index (κ1) is 11.5. The average molecular weight is 240 g/mol. The molecule has 1 fully saturated rings. The predicted octanol–water partition coefficient (Wildman–Crippen LogP) is 0.704. The molecule has 1 unspecified atom stereocenters. The van der Waals surface area contributed by atoms with Gasteiger partial charge in [-0.05, 0) is 24.6 Å². The smallest absolute Gasteiger partial charge is 0.128 e. The molecule has 0 radical (unpaired) electrons. The fourth-order valence-electron chi connectivity index (χ4n) is 1.73. The lowest BCUT2D eigenvalue weighted by atomic mass is 10.1. The average Bonchev–Trinajstić information content (AvgIpc) is 2.30. The molecule has 0 amide bonds. The van der Waals surface area contributed by atoms with Crippen LogP contribution in [0.5, 0.6) is 0 Å². The number of anilines is 1. The minimum atomic E-state index is -0.668. The fourth-order valence-corrected chi connectivity index (χ4v) is 2.79. The molecule has 16 heavy (non-hydrogen) atoms. The van der Waals surface area contributed by atoms with Gasteiger partial charge in [0.15, 0.2) is 0 Å². The first-order valence-electron chi connectivity index (χ1n) is 5.41. The monoisotopic (exact) mass is 240 g/mol. The predicted molar refractivity (Wildman–Crippen MR) is 65.0 cm³/mol. The van der Waals surface area contributed by atoms with Crippen LogP contribution >= 0.6 is 0 Å². The van der Waals surface area contributed by atoms with Crippen molar-refractivity contribution in [3.63, 3.8) is 0 Å². The Kier molecular flexibility index (Phi) is 3.56. The molecular weight excluding hydrogens is 224 g/mol. The van der Waals surface area contributed by atoms with Gasteiger partial charge in [0.25, 0.3) is 0 Å². The van der Waals surface area contributed by atoms with Gasteiger partial charge in [0, 0.05) is 41.6 Å². The van der Waals surface area contributed by atoms with Crippen LogP contribution < -0.4 is 4.90 Å². The second-order valence-corrected chi connectivity index (χ2v) is 5.65. The molecule has 1 saturated heterocycles. The lowest BCUT2D eigenvalue weighted by molar-refractivity contribution is 0.199. The molecule has 2 rings (SSSR count). The molecule has 0 bridgehead atoms. The van der Waals surface area contributed by atoms with Crippen molar-refractivity contribution in [1.29, 1.82) is 0 Å². The van der Waals surface area contributed by atoms with Crippen LogP contribution in [0.25, 0.3) is 0 Å². The van der Waals surface area contributed by atoms with Gasteiger partial charge in [0.05, 0.1) is 6.10 Å². The van der Waals surface area contributed by atoms with Gasteiger partial charge < -0.3 is 10.0 Å². The number of hydrogen-bond donors (Lipinski definition) is 1. The van der Waals surface area contributed by atoms with Gasteiger partial charge in [-0.2, -0.15) is 0 Å². The Labute approximate surface area is 97.8 Å². The lowest BCUT2D eigenvalue weighted by Crippen LogP contribution is -2.38. The topological polar surface area (TPSA) is 53.4 Å². The summed E-state index contributed by atoms with van der Waals surface area (Å²) in [7, 11) is -0.668. The molecule has 0 saturated carbocycles. The van der Waals surface area contributed by atoms with Gasteiger partial charge in [-0.15, -0.1) is 0 Å². The molecule has 0 aliphatic carbocycles. The maximum absolute atomic E-state index is 11.2. The summed E-state index contributed by atoms with van der Waals surface area (Å²) in [6, 6.07) is 3.72. The summed E-state index contributed by atoms with van der Waals surface area (Å²) in [6.07, 6.45) is 1.24. The van der Waals surface area contributed by atoms with Gasteiger partial charge in [-0.3, -0.25) is 4.21 Å². The van der Waals surface area contributed by atoms with Crippen molar-refractivity contribution in [3.8, 4) is 0 Å². The number of rotatable bonds is 2. The van der Waals surface area contributed by atoms with E-state index in [2.05, 4.69) is 9.88 Å². The lowest BCUT2D eigenvalue weighted by Gasteiger charge is -2.27. The molecule has 5 heteroatoms. The van der Waals surface area contributed by atoms with Crippen LogP contribution in [-0.2, 0) is 10.8 Å². The van der Waals surface area contributed by atoms with Crippen molar-refractivity contribution in [2.75, 3.05) is 29.5 Å². The van der Waals surface area contributed by atoms with E-state index in [0.29, 0.717) is 11.5 Å². The van der Waals surface area contributed by atoms with E-state index in [1.807, 2.05) is 12.1 Å². The van der Waals surface area contributed by atoms with E-state index in [4.69, 9.17) is 0 Å². The summed E-state index contributed by atoms with van der Waals surface area (Å²) in [5.41, 5.74) is 0.872. The maximum atomic E-state index is 11.2. The van der Waals surface area contributed by atoms with Gasteiger partial charge >= 0.3 is 0 Å². The molecule has 88 valence electrons. The Morgan fingerprint density at radius 1 is 1.50 bits per heavy atom. The Hall–Kier alpha value is -0.940. The highest BCUT2D eigenvalue weighted by atomic mass is 32.2. The number of aromatic nitrogens is 1. The van der Waals surface area contributed by atoms with E-state index in [-0.39, 0.29) is 0 Å². The first-order chi connectivity index (χ1) is 7.66. The summed E-state index contributed by atoms with van der Waals surface area (Å²) < 4.78 is 11.2. The number of nitrogens with zero attached hydrogens (tertiary/aromatic N) is 2. The highest BCUT2D eigenvalue weighted by molar-refractivity contribution is 7.85. The number of aliphatic hydroxyl groups excluding tert-OH is 1. The van der Waals surface area contributed by atoms with Crippen molar-refractivity contribution in [2.45, 2.75) is 13.0 Å². The van der Waals surface area contributed by atoms with Gasteiger partial charge in [0.1, 0.15) is 5.82 Å². The second kappa shape index (κ2) is 4.93. The molecule has 1 N–H and O–H groups in total. The molecule has 1 atom stereocenters. The van der Waals surface area contributed by atoms with Crippen molar-refractivity contribution in [3.05, 3.63) is 23.9 Å². The summed E-state index contributed by atoms with van der Waals surface area (Å²) in [6.45, 7) is 3.30. The van der Waals surface area contributed by atoms with E-state index >= 15 is 0 Å². The van der Waals surface area contributed by atoms with Crippen LogP contribution in [-0.4, -0.2) is 38.9 Å². The molecule has 1 aromatic heterocycles. The third-order valence-electron chi connectivity index (χ3n) is 2.75. The second-order valence-electron chi connectivity index (χ2n) is 3.96. The van der Waals surface area contributed by atoms with Gasteiger partial charge in [-0.25, -0.2) is 4.98 Å². The Balaban J connectivity index is 2.14. The molecular formula is C11H16N2O2S. The van der Waals surface area contributed by atoms with Crippen LogP contribution in [0.2, 0.25) is 0 Å². The Morgan fingerprint density at radius 3 is 2.81 bits per heavy atom. The largest absolute Gasteiger partial charge is 0.389 e. The van der Waals surface area contributed by atoms with Gasteiger partial charge in [-0.1, -0.05) is 0 Å². The minimum Gasteiger partial charge on any atom is -0.389 e. The molecule has 1 aromatic rings.